The maximum Gasteiger partial charge on any atom is 0.270 e. The Labute approximate surface area is 193 Å². The lowest BCUT2D eigenvalue weighted by Crippen LogP contribution is -2.49. The van der Waals surface area contributed by atoms with E-state index < -0.39 is 6.04 Å². The summed E-state index contributed by atoms with van der Waals surface area (Å²) in [4.78, 5) is 30.7. The summed E-state index contributed by atoms with van der Waals surface area (Å²) < 4.78 is 3.30. The quantitative estimate of drug-likeness (QED) is 0.601. The number of pyridine rings is 1. The van der Waals surface area contributed by atoms with Crippen molar-refractivity contribution in [1.29, 1.82) is 0 Å². The Morgan fingerprint density at radius 1 is 1.06 bits per heavy atom. The van der Waals surface area contributed by atoms with Gasteiger partial charge < -0.3 is 10.6 Å². The fourth-order valence-corrected chi connectivity index (χ4v) is 4.56. The lowest BCUT2D eigenvalue weighted by molar-refractivity contribution is -0.119. The SMILES string of the molecule is Cc1cc(NC(=O)[C@@H](NC(=O)c2ccnn2C)C2CCC(C)CC2)ncc1-c1ccnn1C. The zero-order valence-corrected chi connectivity index (χ0v) is 19.6. The number of amides is 2. The minimum absolute atomic E-state index is 0.0770. The second-order valence-corrected chi connectivity index (χ2v) is 9.02. The molecule has 1 aliphatic rings. The number of nitrogens with one attached hydrogen (secondary N) is 2. The third-order valence-corrected chi connectivity index (χ3v) is 6.61. The summed E-state index contributed by atoms with van der Waals surface area (Å²) in [5.41, 5.74) is 3.31. The molecule has 9 nitrogen and oxygen atoms in total. The van der Waals surface area contributed by atoms with Crippen LogP contribution in [-0.4, -0.2) is 42.4 Å². The number of anilines is 1. The largest absolute Gasteiger partial charge is 0.339 e. The molecule has 2 amide bonds. The second kappa shape index (κ2) is 9.56. The first-order valence-corrected chi connectivity index (χ1v) is 11.4. The number of aryl methyl sites for hydroxylation is 3. The van der Waals surface area contributed by atoms with Crippen LogP contribution in [0.4, 0.5) is 5.82 Å². The molecule has 3 heterocycles. The topological polar surface area (TPSA) is 107 Å². The maximum atomic E-state index is 13.4. The first kappa shape index (κ1) is 22.7. The van der Waals surface area contributed by atoms with Crippen LogP contribution in [0.15, 0.2) is 36.8 Å². The highest BCUT2D eigenvalue weighted by Crippen LogP contribution is 2.31. The molecule has 1 aliphatic carbocycles. The molecule has 0 bridgehead atoms. The number of rotatable bonds is 6. The molecule has 1 atom stereocenters. The predicted molar refractivity (Wildman–Crippen MR) is 125 cm³/mol. The Morgan fingerprint density at radius 3 is 2.36 bits per heavy atom. The summed E-state index contributed by atoms with van der Waals surface area (Å²) in [6.45, 7) is 4.21. The third kappa shape index (κ3) is 4.97. The van der Waals surface area contributed by atoms with Gasteiger partial charge in [0.15, 0.2) is 0 Å². The average molecular weight is 450 g/mol. The summed E-state index contributed by atoms with van der Waals surface area (Å²) in [5, 5.41) is 14.2. The van der Waals surface area contributed by atoms with Crippen LogP contribution < -0.4 is 10.6 Å². The number of aromatic nitrogens is 5. The van der Waals surface area contributed by atoms with Crippen LogP contribution in [0.25, 0.3) is 11.3 Å². The van der Waals surface area contributed by atoms with Crippen molar-refractivity contribution in [3.63, 3.8) is 0 Å². The normalized spacial score (nSPS) is 19.2. The van der Waals surface area contributed by atoms with Gasteiger partial charge in [-0.05, 0) is 55.4 Å². The molecule has 3 aromatic heterocycles. The van der Waals surface area contributed by atoms with Crippen LogP contribution >= 0.6 is 0 Å². The molecule has 0 unspecified atom stereocenters. The summed E-state index contributed by atoms with van der Waals surface area (Å²) >= 11 is 0. The van der Waals surface area contributed by atoms with Gasteiger partial charge in [-0.15, -0.1) is 0 Å². The van der Waals surface area contributed by atoms with Crippen LogP contribution in [0.3, 0.4) is 0 Å². The second-order valence-electron chi connectivity index (χ2n) is 9.02. The molecular formula is C24H31N7O2. The Hall–Kier alpha value is -3.49. The zero-order valence-electron chi connectivity index (χ0n) is 19.6. The number of carbonyl (C=O) groups excluding carboxylic acids is 2. The molecule has 1 saturated carbocycles. The van der Waals surface area contributed by atoms with Gasteiger partial charge in [0.2, 0.25) is 5.91 Å². The van der Waals surface area contributed by atoms with Gasteiger partial charge in [-0.2, -0.15) is 10.2 Å². The minimum atomic E-state index is -0.640. The molecule has 174 valence electrons. The van der Waals surface area contributed by atoms with E-state index in [4.69, 9.17) is 0 Å². The summed E-state index contributed by atoms with van der Waals surface area (Å²) in [6, 6.07) is 4.79. The van der Waals surface area contributed by atoms with Gasteiger partial charge in [0.25, 0.3) is 5.91 Å². The highest BCUT2D eigenvalue weighted by Gasteiger charge is 2.33. The molecular weight excluding hydrogens is 418 g/mol. The van der Waals surface area contributed by atoms with Crippen LogP contribution in [0, 0.1) is 18.8 Å². The van der Waals surface area contributed by atoms with Crippen LogP contribution in [0.1, 0.15) is 48.7 Å². The van der Waals surface area contributed by atoms with Crippen molar-refractivity contribution in [3.8, 4) is 11.3 Å². The lowest BCUT2D eigenvalue weighted by atomic mass is 9.79. The van der Waals surface area contributed by atoms with Gasteiger partial charge in [-0.1, -0.05) is 19.8 Å². The van der Waals surface area contributed by atoms with E-state index in [1.54, 1.807) is 36.4 Å². The van der Waals surface area contributed by atoms with E-state index in [2.05, 4.69) is 32.7 Å². The lowest BCUT2D eigenvalue weighted by Gasteiger charge is -2.32. The van der Waals surface area contributed by atoms with Gasteiger partial charge in [0.1, 0.15) is 17.6 Å². The van der Waals surface area contributed by atoms with Gasteiger partial charge in [0.05, 0.1) is 5.69 Å². The minimum Gasteiger partial charge on any atom is -0.339 e. The molecule has 0 aromatic carbocycles. The van der Waals surface area contributed by atoms with Crippen molar-refractivity contribution in [2.24, 2.45) is 25.9 Å². The van der Waals surface area contributed by atoms with Crippen molar-refractivity contribution in [1.82, 2.24) is 29.9 Å². The first-order chi connectivity index (χ1) is 15.8. The molecule has 1 fully saturated rings. The first-order valence-electron chi connectivity index (χ1n) is 11.4. The van der Waals surface area contributed by atoms with Crippen molar-refractivity contribution in [2.45, 2.75) is 45.6 Å². The Balaban J connectivity index is 1.53. The highest BCUT2D eigenvalue weighted by atomic mass is 16.2. The molecule has 0 radical (unpaired) electrons. The van der Waals surface area contributed by atoms with Crippen LogP contribution in [0.2, 0.25) is 0 Å². The Bertz CT molecular complexity index is 1140. The Kier molecular flexibility index (Phi) is 6.57. The third-order valence-electron chi connectivity index (χ3n) is 6.61. The summed E-state index contributed by atoms with van der Waals surface area (Å²) in [7, 11) is 3.59. The zero-order chi connectivity index (χ0) is 23.5. The number of hydrogen-bond donors (Lipinski definition) is 2. The van der Waals surface area contributed by atoms with E-state index in [1.807, 2.05) is 26.1 Å². The van der Waals surface area contributed by atoms with Crippen LogP contribution in [-0.2, 0) is 18.9 Å². The molecule has 9 heteroatoms. The number of nitrogens with zero attached hydrogens (tertiary/aromatic N) is 5. The predicted octanol–water partition coefficient (Wildman–Crippen LogP) is 3.09. The molecule has 3 aromatic rings. The van der Waals surface area contributed by atoms with Crippen LogP contribution in [0.5, 0.6) is 0 Å². The van der Waals surface area contributed by atoms with E-state index in [-0.39, 0.29) is 17.7 Å². The Morgan fingerprint density at radius 2 is 1.76 bits per heavy atom. The molecule has 0 saturated heterocycles. The monoisotopic (exact) mass is 449 g/mol. The highest BCUT2D eigenvalue weighted by molar-refractivity contribution is 6.00. The molecule has 0 aliphatic heterocycles. The van der Waals surface area contributed by atoms with E-state index in [1.165, 1.54) is 4.68 Å². The number of carbonyl (C=O) groups is 2. The fraction of sp³-hybridized carbons (Fsp3) is 0.458. The van der Waals surface area contributed by atoms with E-state index in [0.29, 0.717) is 17.4 Å². The molecule has 0 spiro atoms. The van der Waals surface area contributed by atoms with E-state index >= 15 is 0 Å². The van der Waals surface area contributed by atoms with Gasteiger partial charge in [-0.3, -0.25) is 19.0 Å². The smallest absolute Gasteiger partial charge is 0.270 e. The van der Waals surface area contributed by atoms with E-state index in [9.17, 15) is 9.59 Å². The van der Waals surface area contributed by atoms with Crippen molar-refractivity contribution in [2.75, 3.05) is 5.32 Å². The molecule has 33 heavy (non-hydrogen) atoms. The van der Waals surface area contributed by atoms with Gasteiger partial charge in [-0.25, -0.2) is 4.98 Å². The van der Waals surface area contributed by atoms with Gasteiger partial charge >= 0.3 is 0 Å². The standard InChI is InChI=1S/C24H31N7O2/c1-15-5-7-17(8-6-15)22(29-23(32)20-10-12-27-31(20)4)24(33)28-21-13-16(2)18(14-25-21)19-9-11-26-30(19)3/h9-15,17,22H,5-8H2,1-4H3,(H,29,32)(H,25,28,33)/t15?,17?,22-/m0/s1. The molecule has 4 rings (SSSR count). The summed E-state index contributed by atoms with van der Waals surface area (Å²) in [5.74, 6) is 0.636. The average Bonchev–Trinajstić information content (AvgIpc) is 3.41. The molecule has 2 N–H and O–H groups in total. The van der Waals surface area contributed by atoms with Crippen molar-refractivity contribution >= 4 is 17.6 Å². The van der Waals surface area contributed by atoms with Crippen molar-refractivity contribution in [3.05, 3.63) is 48.0 Å². The number of hydrogen-bond acceptors (Lipinski definition) is 5. The van der Waals surface area contributed by atoms with E-state index in [0.717, 1.165) is 42.5 Å². The maximum absolute atomic E-state index is 13.4. The van der Waals surface area contributed by atoms with Gasteiger partial charge in [0, 0.05) is 38.2 Å². The van der Waals surface area contributed by atoms with Crippen molar-refractivity contribution < 1.29 is 9.59 Å². The fourth-order valence-electron chi connectivity index (χ4n) is 4.56. The summed E-state index contributed by atoms with van der Waals surface area (Å²) in [6.07, 6.45) is 8.95.